The normalized spacial score (nSPS) is 19.0. The highest BCUT2D eigenvalue weighted by atomic mass is 16.2. The van der Waals surface area contributed by atoms with E-state index in [2.05, 4.69) is 39.7 Å². The average molecular weight is 349 g/mol. The van der Waals surface area contributed by atoms with Gasteiger partial charge in [0, 0.05) is 49.5 Å². The van der Waals surface area contributed by atoms with Gasteiger partial charge in [0.2, 0.25) is 0 Å². The molecule has 1 amide bonds. The van der Waals surface area contributed by atoms with Gasteiger partial charge in [-0.05, 0) is 30.9 Å². The van der Waals surface area contributed by atoms with Gasteiger partial charge in [-0.25, -0.2) is 0 Å². The second-order valence-electron chi connectivity index (χ2n) is 7.48. The first kappa shape index (κ1) is 15.6. The summed E-state index contributed by atoms with van der Waals surface area (Å²) in [6.45, 7) is 2.51. The number of H-pyrrole nitrogens is 1. The number of piperidine rings is 1. The SMILES string of the molecule is Cn1cc(C(=O)N2CCC3(CC2)NCCc2c3[nH]c3ccccc23)cn1. The van der Waals surface area contributed by atoms with Crippen LogP contribution in [0.5, 0.6) is 0 Å². The summed E-state index contributed by atoms with van der Waals surface area (Å²) in [4.78, 5) is 18.4. The van der Waals surface area contributed by atoms with Crippen molar-refractivity contribution < 1.29 is 4.79 Å². The van der Waals surface area contributed by atoms with Crippen LogP contribution in [0.1, 0.15) is 34.5 Å². The summed E-state index contributed by atoms with van der Waals surface area (Å²) in [5.41, 5.74) is 4.63. The minimum atomic E-state index is -0.0433. The molecule has 1 aromatic carbocycles. The molecule has 5 rings (SSSR count). The van der Waals surface area contributed by atoms with Crippen molar-refractivity contribution >= 4 is 16.8 Å². The molecular formula is C20H23N5O. The third-order valence-corrected chi connectivity index (χ3v) is 5.99. The predicted molar refractivity (Wildman–Crippen MR) is 100 cm³/mol. The molecule has 4 heterocycles. The maximum atomic E-state index is 12.7. The molecule has 26 heavy (non-hydrogen) atoms. The van der Waals surface area contributed by atoms with Crippen LogP contribution in [0.25, 0.3) is 10.9 Å². The van der Waals surface area contributed by atoms with Crippen molar-refractivity contribution in [2.75, 3.05) is 19.6 Å². The number of para-hydroxylation sites is 1. The highest BCUT2D eigenvalue weighted by Gasteiger charge is 2.42. The van der Waals surface area contributed by atoms with E-state index < -0.39 is 0 Å². The fourth-order valence-corrected chi connectivity index (χ4v) is 4.62. The fourth-order valence-electron chi connectivity index (χ4n) is 4.62. The molecule has 6 nitrogen and oxygen atoms in total. The summed E-state index contributed by atoms with van der Waals surface area (Å²) >= 11 is 0. The number of aryl methyl sites for hydroxylation is 1. The molecule has 6 heteroatoms. The van der Waals surface area contributed by atoms with Crippen LogP contribution in [0.4, 0.5) is 0 Å². The highest BCUT2D eigenvalue weighted by molar-refractivity contribution is 5.93. The summed E-state index contributed by atoms with van der Waals surface area (Å²) in [6.07, 6.45) is 6.36. The molecule has 0 saturated carbocycles. The molecule has 0 radical (unpaired) electrons. The summed E-state index contributed by atoms with van der Waals surface area (Å²) in [5, 5.41) is 9.24. The monoisotopic (exact) mass is 349 g/mol. The Balaban J connectivity index is 1.42. The van der Waals surface area contributed by atoms with Gasteiger partial charge in [-0.1, -0.05) is 18.2 Å². The Morgan fingerprint density at radius 2 is 2.04 bits per heavy atom. The first-order chi connectivity index (χ1) is 12.7. The van der Waals surface area contributed by atoms with Crippen molar-refractivity contribution in [2.45, 2.75) is 24.8 Å². The smallest absolute Gasteiger partial charge is 0.257 e. The van der Waals surface area contributed by atoms with Crippen LogP contribution in [-0.2, 0) is 19.0 Å². The van der Waals surface area contributed by atoms with E-state index in [1.54, 1.807) is 17.1 Å². The van der Waals surface area contributed by atoms with Crippen molar-refractivity contribution in [1.29, 1.82) is 0 Å². The van der Waals surface area contributed by atoms with Gasteiger partial charge in [0.15, 0.2) is 0 Å². The van der Waals surface area contributed by atoms with Crippen molar-refractivity contribution in [2.24, 2.45) is 7.05 Å². The van der Waals surface area contributed by atoms with Crippen molar-refractivity contribution in [3.05, 3.63) is 53.5 Å². The van der Waals surface area contributed by atoms with Crippen LogP contribution >= 0.6 is 0 Å². The Kier molecular flexibility index (Phi) is 3.43. The number of carbonyl (C=O) groups excluding carboxylic acids is 1. The van der Waals surface area contributed by atoms with Gasteiger partial charge in [-0.15, -0.1) is 0 Å². The lowest BCUT2D eigenvalue weighted by molar-refractivity contribution is 0.0626. The number of aromatic nitrogens is 3. The number of rotatable bonds is 1. The lowest BCUT2D eigenvalue weighted by Gasteiger charge is -2.44. The molecule has 134 valence electrons. The molecule has 0 bridgehead atoms. The molecule has 0 atom stereocenters. The molecule has 2 aliphatic rings. The molecule has 2 aliphatic heterocycles. The second-order valence-corrected chi connectivity index (χ2v) is 7.48. The Labute approximate surface area is 152 Å². The maximum absolute atomic E-state index is 12.7. The van der Waals surface area contributed by atoms with E-state index in [-0.39, 0.29) is 11.4 Å². The van der Waals surface area contributed by atoms with Gasteiger partial charge in [-0.3, -0.25) is 9.48 Å². The number of hydrogen-bond acceptors (Lipinski definition) is 3. The Bertz CT molecular complexity index is 977. The lowest BCUT2D eigenvalue weighted by Crippen LogP contribution is -2.55. The first-order valence-electron chi connectivity index (χ1n) is 9.29. The van der Waals surface area contributed by atoms with Gasteiger partial charge in [0.05, 0.1) is 17.3 Å². The van der Waals surface area contributed by atoms with E-state index in [4.69, 9.17) is 0 Å². The van der Waals surface area contributed by atoms with E-state index >= 15 is 0 Å². The number of nitrogens with zero attached hydrogens (tertiary/aromatic N) is 3. The van der Waals surface area contributed by atoms with Gasteiger partial charge < -0.3 is 15.2 Å². The molecule has 0 aliphatic carbocycles. The van der Waals surface area contributed by atoms with Gasteiger partial charge >= 0.3 is 0 Å². The fraction of sp³-hybridized carbons (Fsp3) is 0.400. The Hall–Kier alpha value is -2.60. The zero-order valence-corrected chi connectivity index (χ0v) is 15.0. The van der Waals surface area contributed by atoms with Gasteiger partial charge in [0.25, 0.3) is 5.91 Å². The van der Waals surface area contributed by atoms with Crippen LogP contribution in [0.3, 0.4) is 0 Å². The molecular weight excluding hydrogens is 326 g/mol. The molecule has 3 aromatic rings. The topological polar surface area (TPSA) is 66.0 Å². The van der Waals surface area contributed by atoms with Crippen LogP contribution in [0, 0.1) is 0 Å². The summed E-state index contributed by atoms with van der Waals surface area (Å²) in [5.74, 6) is 0.0839. The zero-order valence-electron chi connectivity index (χ0n) is 15.0. The largest absolute Gasteiger partial charge is 0.357 e. The Morgan fingerprint density at radius 1 is 1.23 bits per heavy atom. The first-order valence-corrected chi connectivity index (χ1v) is 9.29. The number of nitrogens with one attached hydrogen (secondary N) is 2. The van der Waals surface area contributed by atoms with Crippen molar-refractivity contribution in [3.63, 3.8) is 0 Å². The minimum absolute atomic E-state index is 0.0433. The summed E-state index contributed by atoms with van der Waals surface area (Å²) in [6, 6.07) is 8.56. The average Bonchev–Trinajstić information content (AvgIpc) is 3.27. The molecule has 2 N–H and O–H groups in total. The minimum Gasteiger partial charge on any atom is -0.357 e. The van der Waals surface area contributed by atoms with E-state index in [0.717, 1.165) is 38.9 Å². The van der Waals surface area contributed by atoms with Crippen LogP contribution < -0.4 is 5.32 Å². The molecule has 1 fully saturated rings. The number of amides is 1. The quantitative estimate of drug-likeness (QED) is 0.708. The second kappa shape index (κ2) is 5.71. The standard InChI is InChI=1S/C20H23N5O/c1-24-13-14(12-22-24)19(26)25-10-7-20(8-11-25)18-16(6-9-21-20)15-4-2-3-5-17(15)23-18/h2-5,12-13,21,23H,6-11H2,1H3. The van der Waals surface area contributed by atoms with Crippen molar-refractivity contribution in [1.82, 2.24) is 25.0 Å². The van der Waals surface area contributed by atoms with Crippen LogP contribution in [0.2, 0.25) is 0 Å². The number of hydrogen-bond donors (Lipinski definition) is 2. The molecule has 1 spiro atoms. The van der Waals surface area contributed by atoms with E-state index in [1.807, 2.05) is 11.9 Å². The number of benzene rings is 1. The van der Waals surface area contributed by atoms with E-state index in [9.17, 15) is 4.79 Å². The third kappa shape index (κ3) is 2.29. The number of aromatic amines is 1. The van der Waals surface area contributed by atoms with Gasteiger partial charge in [-0.2, -0.15) is 5.10 Å². The van der Waals surface area contributed by atoms with Gasteiger partial charge in [0.1, 0.15) is 0 Å². The molecule has 0 unspecified atom stereocenters. The number of carbonyl (C=O) groups is 1. The zero-order chi connectivity index (χ0) is 17.7. The van der Waals surface area contributed by atoms with Crippen LogP contribution in [0.15, 0.2) is 36.7 Å². The van der Waals surface area contributed by atoms with E-state index in [1.165, 1.54) is 22.2 Å². The lowest BCUT2D eigenvalue weighted by atomic mass is 9.79. The van der Waals surface area contributed by atoms with E-state index in [0.29, 0.717) is 5.56 Å². The Morgan fingerprint density at radius 3 is 2.81 bits per heavy atom. The summed E-state index contributed by atoms with van der Waals surface area (Å²) in [7, 11) is 1.84. The molecule has 2 aromatic heterocycles. The highest BCUT2D eigenvalue weighted by Crippen LogP contribution is 2.40. The predicted octanol–water partition coefficient (Wildman–Crippen LogP) is 2.18. The molecule has 1 saturated heterocycles. The third-order valence-electron chi connectivity index (χ3n) is 5.99. The van der Waals surface area contributed by atoms with Crippen molar-refractivity contribution in [3.8, 4) is 0 Å². The maximum Gasteiger partial charge on any atom is 0.257 e. The van der Waals surface area contributed by atoms with Crippen LogP contribution in [-0.4, -0.2) is 45.2 Å². The number of fused-ring (bicyclic) bond motifs is 4. The summed E-state index contributed by atoms with van der Waals surface area (Å²) < 4.78 is 1.68. The number of likely N-dealkylation sites (tertiary alicyclic amines) is 1.